The molecule has 0 aliphatic rings. The highest BCUT2D eigenvalue weighted by Crippen LogP contribution is 2.24. The van der Waals surface area contributed by atoms with E-state index >= 15 is 0 Å². The fraction of sp³-hybridized carbons (Fsp3) is 0.440. The number of nitrogens with one attached hydrogen (secondary N) is 1. The summed E-state index contributed by atoms with van der Waals surface area (Å²) in [7, 11) is 3.81. The molecule has 0 bridgehead atoms. The second-order valence-corrected chi connectivity index (χ2v) is 7.01. The van der Waals surface area contributed by atoms with Gasteiger partial charge in [-0.25, -0.2) is 0 Å². The number of nitrogens with two attached hydrogens (primary N) is 1. The Kier molecular flexibility index (Phi) is 15.3. The Hall–Kier alpha value is -2.24. The number of rotatable bonds is 9. The lowest BCUT2D eigenvalue weighted by Crippen LogP contribution is -2.23. The fourth-order valence-corrected chi connectivity index (χ4v) is 3.17. The number of halogens is 2. The van der Waals surface area contributed by atoms with E-state index in [1.54, 1.807) is 14.2 Å². The smallest absolute Gasteiger partial charge is 0.146 e. The van der Waals surface area contributed by atoms with Crippen LogP contribution in [-0.2, 0) is 11.2 Å². The van der Waals surface area contributed by atoms with Crippen LogP contribution in [0.5, 0.6) is 5.75 Å². The summed E-state index contributed by atoms with van der Waals surface area (Å²) in [6.45, 7) is 9.45. The third kappa shape index (κ3) is 9.62. The van der Waals surface area contributed by atoms with Gasteiger partial charge in [-0.1, -0.05) is 37.6 Å². The molecule has 0 spiro atoms. The first-order valence-corrected chi connectivity index (χ1v) is 10.8. The van der Waals surface area contributed by atoms with Gasteiger partial charge in [-0.15, -0.1) is 0 Å². The predicted octanol–water partition coefficient (Wildman–Crippen LogP) is 6.07. The Morgan fingerprint density at radius 3 is 2.26 bits per heavy atom. The maximum atomic E-state index is 9.50. The van der Waals surface area contributed by atoms with Crippen molar-refractivity contribution in [2.75, 3.05) is 34.5 Å². The van der Waals surface area contributed by atoms with Crippen molar-refractivity contribution in [3.63, 3.8) is 0 Å². The van der Waals surface area contributed by atoms with E-state index in [-0.39, 0.29) is 0 Å². The van der Waals surface area contributed by atoms with E-state index in [2.05, 4.69) is 17.4 Å². The highest BCUT2D eigenvalue weighted by atomic mass is 35.5. The van der Waals surface area contributed by atoms with E-state index in [1.807, 2.05) is 52.0 Å². The van der Waals surface area contributed by atoms with Gasteiger partial charge in [-0.05, 0) is 74.2 Å². The van der Waals surface area contributed by atoms with E-state index in [9.17, 15) is 4.39 Å². The molecule has 0 fully saturated rings. The van der Waals surface area contributed by atoms with Crippen LogP contribution in [0.15, 0.2) is 42.1 Å². The van der Waals surface area contributed by atoms with Crippen LogP contribution >= 0.6 is 11.6 Å². The zero-order valence-corrected chi connectivity index (χ0v) is 20.7. The maximum Gasteiger partial charge on any atom is 0.146 e. The highest BCUT2D eigenvalue weighted by Gasteiger charge is 2.09. The van der Waals surface area contributed by atoms with Gasteiger partial charge in [0, 0.05) is 17.1 Å². The fourth-order valence-electron chi connectivity index (χ4n) is 2.97. The van der Waals surface area contributed by atoms with Gasteiger partial charge in [0.2, 0.25) is 0 Å². The van der Waals surface area contributed by atoms with Gasteiger partial charge in [0.15, 0.2) is 0 Å². The lowest BCUT2D eigenvalue weighted by Gasteiger charge is -2.14. The van der Waals surface area contributed by atoms with Crippen molar-refractivity contribution in [3.8, 4) is 5.75 Å². The van der Waals surface area contributed by atoms with Crippen LogP contribution < -0.4 is 15.8 Å². The van der Waals surface area contributed by atoms with Gasteiger partial charge in [0.25, 0.3) is 0 Å². The van der Waals surface area contributed by atoms with E-state index in [4.69, 9.17) is 26.8 Å². The Morgan fingerprint density at radius 2 is 1.71 bits per heavy atom. The molecule has 2 aromatic carbocycles. The molecule has 0 unspecified atom stereocenters. The first-order valence-electron chi connectivity index (χ1n) is 10.5. The molecule has 2 rings (SSSR count). The predicted molar refractivity (Wildman–Crippen MR) is 132 cm³/mol. The van der Waals surface area contributed by atoms with Crippen molar-refractivity contribution in [2.45, 2.75) is 40.5 Å². The van der Waals surface area contributed by atoms with Gasteiger partial charge in [-0.2, -0.15) is 0 Å². The molecule has 2 aromatic rings. The molecule has 174 valence electrons. The SMILES string of the molecule is CC.CF.CO/C(=C(\N)CNCCCc1ccc(C)c(Cl)c1)c1ccc(OC)c(C)c1. The second kappa shape index (κ2) is 16.5. The van der Waals surface area contributed by atoms with Gasteiger partial charge < -0.3 is 20.5 Å². The molecule has 0 amide bonds. The Bertz CT molecular complexity index is 810. The van der Waals surface area contributed by atoms with Crippen LogP contribution in [0, 0.1) is 13.8 Å². The number of aryl methyl sites for hydroxylation is 3. The summed E-state index contributed by atoms with van der Waals surface area (Å²) in [5, 5.41) is 4.21. The lowest BCUT2D eigenvalue weighted by atomic mass is 10.1. The first kappa shape index (κ1) is 28.8. The molecule has 0 aliphatic heterocycles. The zero-order valence-electron chi connectivity index (χ0n) is 19.9. The van der Waals surface area contributed by atoms with E-state index in [1.165, 1.54) is 5.56 Å². The topological polar surface area (TPSA) is 56.5 Å². The molecule has 31 heavy (non-hydrogen) atoms. The summed E-state index contributed by atoms with van der Waals surface area (Å²) < 4.78 is 20.3. The van der Waals surface area contributed by atoms with Crippen LogP contribution in [-0.4, -0.2) is 34.5 Å². The molecule has 3 N–H and O–H groups in total. The van der Waals surface area contributed by atoms with Crippen LogP contribution in [0.2, 0.25) is 5.02 Å². The van der Waals surface area contributed by atoms with Crippen molar-refractivity contribution in [3.05, 3.63) is 69.4 Å². The van der Waals surface area contributed by atoms with Crippen molar-refractivity contribution in [2.24, 2.45) is 5.73 Å². The third-order valence-corrected chi connectivity index (χ3v) is 4.93. The molecule has 0 atom stereocenters. The van der Waals surface area contributed by atoms with Crippen LogP contribution in [0.25, 0.3) is 5.76 Å². The standard InChI is InChI=1S/C22H29ClN2O2.C2H6.CH3F/c1-15-7-8-17(13-19(15)23)6-5-11-25-14-20(24)22(27-4)18-9-10-21(26-3)16(2)12-18;2*1-2/h7-10,12-13,25H,5-6,11,14,24H2,1-4H3;1-2H3;1H3/b22-20-;;. The minimum atomic E-state index is 0.500. The number of hydrogen-bond acceptors (Lipinski definition) is 4. The van der Waals surface area contributed by atoms with Crippen molar-refractivity contribution in [1.82, 2.24) is 5.32 Å². The molecule has 0 aliphatic carbocycles. The van der Waals surface area contributed by atoms with Gasteiger partial charge in [0.1, 0.15) is 11.5 Å². The van der Waals surface area contributed by atoms with Crippen LogP contribution in [0.3, 0.4) is 0 Å². The second-order valence-electron chi connectivity index (χ2n) is 6.61. The molecular formula is C25H38ClFN2O2. The van der Waals surface area contributed by atoms with Crippen molar-refractivity contribution >= 4 is 17.4 Å². The number of ether oxygens (including phenoxy) is 2. The molecule has 0 aromatic heterocycles. The van der Waals surface area contributed by atoms with Gasteiger partial charge in [-0.3, -0.25) is 4.39 Å². The van der Waals surface area contributed by atoms with Gasteiger partial charge in [0.05, 0.1) is 27.1 Å². The van der Waals surface area contributed by atoms with E-state index < -0.39 is 0 Å². The van der Waals surface area contributed by atoms with Crippen LogP contribution in [0.1, 0.15) is 42.5 Å². The molecule has 0 heterocycles. The van der Waals surface area contributed by atoms with Crippen LogP contribution in [0.4, 0.5) is 4.39 Å². The maximum absolute atomic E-state index is 9.50. The minimum absolute atomic E-state index is 0.500. The summed E-state index contributed by atoms with van der Waals surface area (Å²) in [5.41, 5.74) is 11.3. The Morgan fingerprint density at radius 1 is 1.03 bits per heavy atom. The number of benzene rings is 2. The molecule has 0 radical (unpaired) electrons. The van der Waals surface area contributed by atoms with Gasteiger partial charge >= 0.3 is 0 Å². The average Bonchev–Trinajstić information content (AvgIpc) is 2.79. The summed E-state index contributed by atoms with van der Waals surface area (Å²) in [6, 6.07) is 12.1. The highest BCUT2D eigenvalue weighted by molar-refractivity contribution is 6.31. The Balaban J connectivity index is 0.00000212. The third-order valence-electron chi connectivity index (χ3n) is 4.52. The van der Waals surface area contributed by atoms with E-state index in [0.29, 0.717) is 25.2 Å². The molecule has 0 saturated heterocycles. The quantitative estimate of drug-likeness (QED) is 0.358. The minimum Gasteiger partial charge on any atom is -0.496 e. The number of alkyl halides is 1. The normalized spacial score (nSPS) is 10.7. The lowest BCUT2D eigenvalue weighted by molar-refractivity contribution is 0.364. The van der Waals surface area contributed by atoms with Crippen molar-refractivity contribution < 1.29 is 13.9 Å². The Labute approximate surface area is 192 Å². The number of hydrogen-bond donors (Lipinski definition) is 2. The number of methoxy groups -OCH3 is 2. The molecule has 0 saturated carbocycles. The van der Waals surface area contributed by atoms with E-state index in [0.717, 1.165) is 46.8 Å². The summed E-state index contributed by atoms with van der Waals surface area (Å²) >= 11 is 6.17. The monoisotopic (exact) mass is 452 g/mol. The molecular weight excluding hydrogens is 415 g/mol. The first-order chi connectivity index (χ1) is 15.0. The molecule has 4 nitrogen and oxygen atoms in total. The summed E-state index contributed by atoms with van der Waals surface area (Å²) in [5.74, 6) is 1.54. The average molecular weight is 453 g/mol. The summed E-state index contributed by atoms with van der Waals surface area (Å²) in [4.78, 5) is 0. The largest absolute Gasteiger partial charge is 0.496 e. The zero-order chi connectivity index (χ0) is 23.8. The van der Waals surface area contributed by atoms with Crippen molar-refractivity contribution in [1.29, 1.82) is 0 Å². The molecule has 6 heteroatoms. The summed E-state index contributed by atoms with van der Waals surface area (Å²) in [6.07, 6.45) is 1.99.